The van der Waals surface area contributed by atoms with Crippen LogP contribution in [-0.2, 0) is 4.28 Å². The minimum absolute atomic E-state index is 0.790. The molecule has 1 fully saturated rings. The first-order valence-electron chi connectivity index (χ1n) is 8.31. The zero-order chi connectivity index (χ0) is 15.9. The minimum atomic E-state index is 0.790. The van der Waals surface area contributed by atoms with E-state index in [0.717, 1.165) is 50.2 Å². The fraction of sp³-hybridized carbons (Fsp3) is 0.444. The number of nitrogens with one attached hydrogen (secondary N) is 1. The molecule has 0 radical (unpaired) electrons. The quantitative estimate of drug-likeness (QED) is 0.403. The van der Waals surface area contributed by atoms with Crippen LogP contribution in [0.5, 0.6) is 5.75 Å². The van der Waals surface area contributed by atoms with Crippen LogP contribution in [0, 0.1) is 5.92 Å². The molecule has 1 saturated carbocycles. The van der Waals surface area contributed by atoms with E-state index in [0.29, 0.717) is 0 Å². The number of hydrogen-bond donors (Lipinski definition) is 1. The molecule has 4 nitrogen and oxygen atoms in total. The lowest BCUT2D eigenvalue weighted by atomic mass is 10.1. The van der Waals surface area contributed by atoms with Gasteiger partial charge in [0, 0.05) is 19.6 Å². The second-order valence-electron chi connectivity index (χ2n) is 5.92. The molecular formula is C18H24N2O2S. The zero-order valence-corrected chi connectivity index (χ0v) is 14.3. The first kappa shape index (κ1) is 16.6. The molecule has 0 unspecified atom stereocenters. The Balaban J connectivity index is 1.48. The number of nitrogens with zero attached hydrogens (tertiary/aromatic N) is 1. The minimum Gasteiger partial charge on any atom is -0.399 e. The molecule has 1 N–H and O–H groups in total. The summed E-state index contributed by atoms with van der Waals surface area (Å²) < 4.78 is 11.4. The molecule has 124 valence electrons. The van der Waals surface area contributed by atoms with Crippen LogP contribution in [0.15, 0.2) is 42.5 Å². The second-order valence-corrected chi connectivity index (χ2v) is 6.37. The van der Waals surface area contributed by atoms with Crippen molar-refractivity contribution in [2.45, 2.75) is 19.8 Å². The molecule has 2 aromatic carbocycles. The van der Waals surface area contributed by atoms with E-state index in [9.17, 15) is 0 Å². The van der Waals surface area contributed by atoms with Crippen LogP contribution in [-0.4, -0.2) is 31.2 Å². The fourth-order valence-electron chi connectivity index (χ4n) is 2.44. The van der Waals surface area contributed by atoms with Crippen LogP contribution in [0.2, 0.25) is 0 Å². The maximum Gasteiger partial charge on any atom is 0.244 e. The summed E-state index contributed by atoms with van der Waals surface area (Å²) in [5.74, 6) is 1.60. The van der Waals surface area contributed by atoms with Crippen LogP contribution in [0.4, 0.5) is 0 Å². The van der Waals surface area contributed by atoms with Gasteiger partial charge in [0.25, 0.3) is 0 Å². The molecule has 0 aromatic heterocycles. The largest absolute Gasteiger partial charge is 0.399 e. The summed E-state index contributed by atoms with van der Waals surface area (Å²) in [5, 5.41) is 7.72. The third-order valence-electron chi connectivity index (χ3n) is 3.93. The Morgan fingerprint density at radius 3 is 2.78 bits per heavy atom. The van der Waals surface area contributed by atoms with Gasteiger partial charge in [-0.25, -0.2) is 0 Å². The van der Waals surface area contributed by atoms with Crippen molar-refractivity contribution in [1.82, 2.24) is 10.4 Å². The van der Waals surface area contributed by atoms with E-state index in [4.69, 9.17) is 8.47 Å². The van der Waals surface area contributed by atoms with Gasteiger partial charge in [-0.1, -0.05) is 37.3 Å². The maximum atomic E-state index is 5.74. The molecule has 1 aliphatic rings. The molecule has 0 spiro atoms. The number of hydroxylamine groups is 2. The monoisotopic (exact) mass is 332 g/mol. The van der Waals surface area contributed by atoms with Gasteiger partial charge < -0.3 is 9.50 Å². The van der Waals surface area contributed by atoms with Gasteiger partial charge in [0.15, 0.2) is 0 Å². The van der Waals surface area contributed by atoms with Gasteiger partial charge in [-0.3, -0.25) is 0 Å². The zero-order valence-electron chi connectivity index (χ0n) is 13.5. The summed E-state index contributed by atoms with van der Waals surface area (Å²) in [5.41, 5.74) is 0. The van der Waals surface area contributed by atoms with E-state index in [1.165, 1.54) is 23.6 Å². The van der Waals surface area contributed by atoms with Crippen molar-refractivity contribution in [3.05, 3.63) is 42.5 Å². The standard InChI is InChI=1S/C18H24N2O2S/c1-2-19-11-12-20(14-15-7-8-15)22-23-21-18-10-9-16-5-3-4-6-17(16)13-18/h3-6,9-10,13,15,19H,2,7-8,11-12,14H2,1H3. The highest BCUT2D eigenvalue weighted by Crippen LogP contribution is 2.30. The van der Waals surface area contributed by atoms with Crippen molar-refractivity contribution in [3.63, 3.8) is 0 Å². The van der Waals surface area contributed by atoms with E-state index < -0.39 is 0 Å². The van der Waals surface area contributed by atoms with E-state index in [1.807, 2.05) is 29.3 Å². The summed E-state index contributed by atoms with van der Waals surface area (Å²) in [4.78, 5) is 0. The van der Waals surface area contributed by atoms with Crippen LogP contribution < -0.4 is 9.50 Å². The normalized spacial score (nSPS) is 14.5. The topological polar surface area (TPSA) is 33.7 Å². The van der Waals surface area contributed by atoms with Crippen LogP contribution >= 0.6 is 12.3 Å². The van der Waals surface area contributed by atoms with Gasteiger partial charge in [-0.15, -0.1) is 0 Å². The van der Waals surface area contributed by atoms with E-state index in [2.05, 4.69) is 30.4 Å². The van der Waals surface area contributed by atoms with Crippen molar-refractivity contribution in [2.75, 3.05) is 26.2 Å². The van der Waals surface area contributed by atoms with Crippen molar-refractivity contribution < 1.29 is 8.47 Å². The summed E-state index contributed by atoms with van der Waals surface area (Å²) in [6.45, 7) is 5.89. The number of hydrogen-bond acceptors (Lipinski definition) is 5. The van der Waals surface area contributed by atoms with Crippen molar-refractivity contribution in [1.29, 1.82) is 0 Å². The fourth-order valence-corrected chi connectivity index (χ4v) is 2.88. The van der Waals surface area contributed by atoms with E-state index >= 15 is 0 Å². The molecule has 0 heterocycles. The van der Waals surface area contributed by atoms with Crippen molar-refractivity contribution in [3.8, 4) is 5.75 Å². The van der Waals surface area contributed by atoms with Crippen LogP contribution in [0.25, 0.3) is 10.8 Å². The second kappa shape index (κ2) is 8.55. The Morgan fingerprint density at radius 1 is 1.17 bits per heavy atom. The van der Waals surface area contributed by atoms with Gasteiger partial charge in [0.05, 0.1) is 0 Å². The molecule has 0 atom stereocenters. The lowest BCUT2D eigenvalue weighted by molar-refractivity contribution is -0.0453. The smallest absolute Gasteiger partial charge is 0.244 e. The molecule has 0 bridgehead atoms. The Labute approximate surface area is 142 Å². The number of benzene rings is 2. The van der Waals surface area contributed by atoms with Crippen LogP contribution in [0.1, 0.15) is 19.8 Å². The highest BCUT2D eigenvalue weighted by atomic mass is 32.2. The van der Waals surface area contributed by atoms with E-state index in [1.54, 1.807) is 0 Å². The lowest BCUT2D eigenvalue weighted by Gasteiger charge is -2.19. The summed E-state index contributed by atoms with van der Waals surface area (Å²) >= 11 is 1.05. The first-order chi connectivity index (χ1) is 11.3. The third kappa shape index (κ3) is 5.39. The van der Waals surface area contributed by atoms with E-state index in [-0.39, 0.29) is 0 Å². The Hall–Kier alpha value is -1.27. The predicted molar refractivity (Wildman–Crippen MR) is 96.1 cm³/mol. The molecule has 23 heavy (non-hydrogen) atoms. The molecule has 0 aliphatic heterocycles. The highest BCUT2D eigenvalue weighted by Gasteiger charge is 2.25. The van der Waals surface area contributed by atoms with Gasteiger partial charge in [0.2, 0.25) is 12.3 Å². The molecular weight excluding hydrogens is 308 g/mol. The highest BCUT2D eigenvalue weighted by molar-refractivity contribution is 7.90. The Morgan fingerprint density at radius 2 is 2.00 bits per heavy atom. The average Bonchev–Trinajstić information content (AvgIpc) is 3.39. The molecule has 0 amide bonds. The molecule has 0 saturated heterocycles. The van der Waals surface area contributed by atoms with Crippen LogP contribution in [0.3, 0.4) is 0 Å². The molecule has 2 aromatic rings. The van der Waals surface area contributed by atoms with Gasteiger partial charge in [-0.2, -0.15) is 9.35 Å². The van der Waals surface area contributed by atoms with Gasteiger partial charge in [-0.05, 0) is 48.2 Å². The number of rotatable bonds is 10. The van der Waals surface area contributed by atoms with Gasteiger partial charge in [0.1, 0.15) is 5.75 Å². The van der Waals surface area contributed by atoms with Crippen molar-refractivity contribution >= 4 is 23.1 Å². The Kier molecular flexibility index (Phi) is 6.16. The summed E-state index contributed by atoms with van der Waals surface area (Å²) in [6.07, 6.45) is 2.63. The molecule has 1 aliphatic carbocycles. The first-order valence-corrected chi connectivity index (χ1v) is 8.97. The maximum absolute atomic E-state index is 5.74. The third-order valence-corrected chi connectivity index (χ3v) is 4.47. The Bertz CT molecular complexity index is 619. The molecule has 5 heteroatoms. The average molecular weight is 332 g/mol. The summed E-state index contributed by atoms with van der Waals surface area (Å²) in [7, 11) is 0. The number of likely N-dealkylation sites (N-methyl/N-ethyl adjacent to an activating group) is 1. The lowest BCUT2D eigenvalue weighted by Crippen LogP contribution is -2.32. The predicted octanol–water partition coefficient (Wildman–Crippen LogP) is 4.03. The SMILES string of the molecule is CCNCCN(CC1CC1)OSOc1ccc2ccccc2c1. The summed E-state index contributed by atoms with van der Waals surface area (Å²) in [6, 6.07) is 14.3. The number of fused-ring (bicyclic) bond motifs is 1. The molecule has 3 rings (SSSR count). The van der Waals surface area contributed by atoms with Gasteiger partial charge >= 0.3 is 0 Å². The van der Waals surface area contributed by atoms with Crippen molar-refractivity contribution in [2.24, 2.45) is 5.92 Å².